The quantitative estimate of drug-likeness (QED) is 0.885. The average Bonchev–Trinajstić information content (AvgIpc) is 2.82. The second-order valence-electron chi connectivity index (χ2n) is 4.64. The van der Waals surface area contributed by atoms with E-state index >= 15 is 0 Å². The summed E-state index contributed by atoms with van der Waals surface area (Å²) in [4.78, 5) is 11.0. The van der Waals surface area contributed by atoms with Gasteiger partial charge in [-0.2, -0.15) is 0 Å². The Kier molecular flexibility index (Phi) is 4.46. The van der Waals surface area contributed by atoms with Crippen LogP contribution >= 0.6 is 11.3 Å². The fourth-order valence-corrected chi connectivity index (χ4v) is 4.53. The number of benzene rings is 1. The molecule has 0 aliphatic rings. The van der Waals surface area contributed by atoms with Crippen molar-refractivity contribution in [3.63, 3.8) is 0 Å². The minimum absolute atomic E-state index is 0.0141. The minimum atomic E-state index is -3.74. The summed E-state index contributed by atoms with van der Waals surface area (Å²) in [5, 5.41) is 9.00. The number of carbonyl (C=O) groups is 1. The molecule has 21 heavy (non-hydrogen) atoms. The maximum absolute atomic E-state index is 12.3. The van der Waals surface area contributed by atoms with E-state index in [4.69, 9.17) is 5.11 Å². The van der Waals surface area contributed by atoms with Gasteiger partial charge in [0.25, 0.3) is 10.0 Å². The summed E-state index contributed by atoms with van der Waals surface area (Å²) in [6.07, 6.45) is 0. The van der Waals surface area contributed by atoms with E-state index in [1.165, 1.54) is 6.07 Å². The monoisotopic (exact) mass is 325 g/mol. The first-order chi connectivity index (χ1) is 9.81. The molecule has 0 amide bonds. The summed E-state index contributed by atoms with van der Waals surface area (Å²) in [6, 6.07) is 10.2. The largest absolute Gasteiger partial charge is 0.477 e. The van der Waals surface area contributed by atoms with Crippen molar-refractivity contribution in [2.24, 2.45) is 0 Å². The molecule has 0 spiro atoms. The maximum Gasteiger partial charge on any atom is 0.346 e. The van der Waals surface area contributed by atoms with Gasteiger partial charge in [0, 0.05) is 6.04 Å². The average molecular weight is 325 g/mol. The van der Waals surface area contributed by atoms with Crippen LogP contribution in [0.3, 0.4) is 0 Å². The highest BCUT2D eigenvalue weighted by Gasteiger charge is 2.23. The van der Waals surface area contributed by atoms with Gasteiger partial charge in [0.2, 0.25) is 0 Å². The second kappa shape index (κ2) is 5.97. The molecule has 2 rings (SSSR count). The molecule has 2 N–H and O–H groups in total. The van der Waals surface area contributed by atoms with Crippen LogP contribution in [0.5, 0.6) is 0 Å². The number of rotatable bonds is 5. The predicted molar refractivity (Wildman–Crippen MR) is 81.2 cm³/mol. The van der Waals surface area contributed by atoms with Gasteiger partial charge < -0.3 is 5.11 Å². The van der Waals surface area contributed by atoms with E-state index in [9.17, 15) is 13.2 Å². The van der Waals surface area contributed by atoms with Crippen molar-refractivity contribution in [1.29, 1.82) is 0 Å². The van der Waals surface area contributed by atoms with E-state index in [2.05, 4.69) is 4.72 Å². The molecule has 0 fully saturated rings. The van der Waals surface area contributed by atoms with Gasteiger partial charge in [-0.1, -0.05) is 30.3 Å². The van der Waals surface area contributed by atoms with Crippen molar-refractivity contribution in [3.8, 4) is 0 Å². The number of thiophene rings is 1. The van der Waals surface area contributed by atoms with Gasteiger partial charge in [-0.25, -0.2) is 17.9 Å². The molecule has 0 aliphatic heterocycles. The molecule has 7 heteroatoms. The van der Waals surface area contributed by atoms with Crippen molar-refractivity contribution in [3.05, 3.63) is 52.4 Å². The highest BCUT2D eigenvalue weighted by Crippen LogP contribution is 2.27. The molecule has 0 aliphatic carbocycles. The van der Waals surface area contributed by atoms with Crippen LogP contribution in [0.2, 0.25) is 0 Å². The van der Waals surface area contributed by atoms with Gasteiger partial charge in [-0.05, 0) is 31.0 Å². The van der Waals surface area contributed by atoms with E-state index in [0.29, 0.717) is 5.56 Å². The number of aryl methyl sites for hydroxylation is 1. The summed E-state index contributed by atoms with van der Waals surface area (Å²) in [7, 11) is -3.74. The third-order valence-electron chi connectivity index (χ3n) is 2.99. The fourth-order valence-electron chi connectivity index (χ4n) is 1.90. The molecule has 1 heterocycles. The van der Waals surface area contributed by atoms with Crippen LogP contribution in [0.1, 0.15) is 33.8 Å². The van der Waals surface area contributed by atoms with Gasteiger partial charge in [0.05, 0.1) is 0 Å². The van der Waals surface area contributed by atoms with E-state index in [1.54, 1.807) is 13.8 Å². The molecule has 0 bridgehead atoms. The molecular formula is C14H15NO4S2. The van der Waals surface area contributed by atoms with Crippen molar-refractivity contribution in [1.82, 2.24) is 4.72 Å². The number of hydrogen-bond donors (Lipinski definition) is 2. The Morgan fingerprint density at radius 2 is 1.90 bits per heavy atom. The molecule has 112 valence electrons. The molecule has 1 aromatic carbocycles. The molecule has 2 aromatic rings. The van der Waals surface area contributed by atoms with Crippen LogP contribution in [0.15, 0.2) is 40.6 Å². The van der Waals surface area contributed by atoms with Gasteiger partial charge in [-0.3, -0.25) is 0 Å². The lowest BCUT2D eigenvalue weighted by Gasteiger charge is -2.13. The Bertz CT molecular complexity index is 751. The van der Waals surface area contributed by atoms with Crippen LogP contribution in [-0.2, 0) is 10.0 Å². The lowest BCUT2D eigenvalue weighted by Crippen LogP contribution is -2.26. The van der Waals surface area contributed by atoms with Crippen LogP contribution in [0.25, 0.3) is 0 Å². The van der Waals surface area contributed by atoms with Gasteiger partial charge in [0.15, 0.2) is 0 Å². The Labute approximate surface area is 127 Å². The number of hydrogen-bond acceptors (Lipinski definition) is 4. The molecule has 0 saturated carbocycles. The minimum Gasteiger partial charge on any atom is -0.477 e. The first-order valence-electron chi connectivity index (χ1n) is 6.22. The van der Waals surface area contributed by atoms with E-state index in [1.807, 2.05) is 30.3 Å². The molecule has 5 nitrogen and oxygen atoms in total. The molecular weight excluding hydrogens is 310 g/mol. The SMILES string of the molecule is Cc1cc(S(=O)(=O)N[C@@H](C)c2ccccc2)sc1C(=O)O. The van der Waals surface area contributed by atoms with Crippen molar-refractivity contribution < 1.29 is 18.3 Å². The normalized spacial score (nSPS) is 13.0. The molecule has 1 atom stereocenters. The van der Waals surface area contributed by atoms with Crippen molar-refractivity contribution in [2.45, 2.75) is 24.1 Å². The topological polar surface area (TPSA) is 83.5 Å². The maximum atomic E-state index is 12.3. The Balaban J connectivity index is 2.27. The summed E-state index contributed by atoms with van der Waals surface area (Å²) < 4.78 is 27.2. The van der Waals surface area contributed by atoms with Crippen molar-refractivity contribution >= 4 is 27.3 Å². The standard InChI is InChI=1S/C14H15NO4S2/c1-9-8-12(20-13(9)14(16)17)21(18,19)15-10(2)11-6-4-3-5-7-11/h3-8,10,15H,1-2H3,(H,16,17)/t10-/m0/s1. The summed E-state index contributed by atoms with van der Waals surface area (Å²) in [5.74, 6) is -1.12. The first kappa shape index (κ1) is 15.7. The van der Waals surface area contributed by atoms with Gasteiger partial charge in [0.1, 0.15) is 9.09 Å². The van der Waals surface area contributed by atoms with E-state index in [-0.39, 0.29) is 9.09 Å². The lowest BCUT2D eigenvalue weighted by atomic mass is 10.1. The second-order valence-corrected chi connectivity index (χ2v) is 7.63. The smallest absolute Gasteiger partial charge is 0.346 e. The van der Waals surface area contributed by atoms with Crippen LogP contribution in [0.4, 0.5) is 0 Å². The third-order valence-corrected chi connectivity index (χ3v) is 6.23. The lowest BCUT2D eigenvalue weighted by molar-refractivity contribution is 0.0701. The van der Waals surface area contributed by atoms with Crippen LogP contribution in [0, 0.1) is 6.92 Å². The highest BCUT2D eigenvalue weighted by molar-refractivity contribution is 7.91. The number of nitrogens with one attached hydrogen (secondary N) is 1. The fraction of sp³-hybridized carbons (Fsp3) is 0.214. The van der Waals surface area contributed by atoms with Gasteiger partial charge in [-0.15, -0.1) is 11.3 Å². The highest BCUT2D eigenvalue weighted by atomic mass is 32.2. The first-order valence-corrected chi connectivity index (χ1v) is 8.52. The Morgan fingerprint density at radius 1 is 1.29 bits per heavy atom. The zero-order chi connectivity index (χ0) is 15.6. The Hall–Kier alpha value is -1.70. The Morgan fingerprint density at radius 3 is 2.43 bits per heavy atom. The zero-order valence-corrected chi connectivity index (χ0v) is 13.2. The van der Waals surface area contributed by atoms with E-state index in [0.717, 1.165) is 16.9 Å². The summed E-state index contributed by atoms with van der Waals surface area (Å²) >= 11 is 0.762. The number of sulfonamides is 1. The molecule has 0 unspecified atom stereocenters. The number of carboxylic acid groups (broad SMARTS) is 1. The summed E-state index contributed by atoms with van der Waals surface area (Å²) in [6.45, 7) is 3.32. The number of aromatic carboxylic acids is 1. The molecule has 1 aromatic heterocycles. The van der Waals surface area contributed by atoms with Crippen molar-refractivity contribution in [2.75, 3.05) is 0 Å². The van der Waals surface area contributed by atoms with E-state index < -0.39 is 22.0 Å². The molecule has 0 saturated heterocycles. The number of carboxylic acids is 1. The summed E-state index contributed by atoms with van der Waals surface area (Å²) in [5.41, 5.74) is 1.29. The predicted octanol–water partition coefficient (Wildman–Crippen LogP) is 2.79. The van der Waals surface area contributed by atoms with Gasteiger partial charge >= 0.3 is 5.97 Å². The molecule has 0 radical (unpaired) electrons. The third kappa shape index (κ3) is 3.49. The van der Waals surface area contributed by atoms with Crippen LogP contribution < -0.4 is 4.72 Å². The van der Waals surface area contributed by atoms with Crippen LogP contribution in [-0.4, -0.2) is 19.5 Å². The zero-order valence-electron chi connectivity index (χ0n) is 11.5.